The van der Waals surface area contributed by atoms with Crippen LogP contribution in [0.5, 0.6) is 0 Å². The lowest BCUT2D eigenvalue weighted by Gasteiger charge is -2.34. The van der Waals surface area contributed by atoms with Crippen LogP contribution in [0.25, 0.3) is 10.8 Å². The molecule has 1 saturated heterocycles. The molecule has 1 fully saturated rings. The molecule has 1 aromatic heterocycles. The molecule has 0 aliphatic carbocycles. The number of likely N-dealkylation sites (tertiary alicyclic amines) is 1. The quantitative estimate of drug-likeness (QED) is 0.433. The van der Waals surface area contributed by atoms with Crippen molar-refractivity contribution in [2.24, 2.45) is 11.7 Å². The molecular weight excluding hydrogens is 517 g/mol. The third-order valence-corrected chi connectivity index (χ3v) is 8.69. The second kappa shape index (κ2) is 12.6. The minimum absolute atomic E-state index is 0. The molecule has 1 aliphatic heterocycles. The van der Waals surface area contributed by atoms with Crippen LogP contribution >= 0.6 is 12.4 Å². The van der Waals surface area contributed by atoms with Crippen LogP contribution in [0, 0.1) is 11.7 Å². The molecule has 1 aliphatic rings. The largest absolute Gasteiger partial charge is 0.351 e. The molecule has 3 aromatic rings. The number of carbonyl (C=O) groups is 1. The number of halogens is 2. The summed E-state index contributed by atoms with van der Waals surface area (Å²) in [5.41, 5.74) is 6.10. The molecule has 2 aromatic carbocycles. The van der Waals surface area contributed by atoms with Crippen LogP contribution in [0.4, 0.5) is 14.9 Å². The van der Waals surface area contributed by atoms with Crippen molar-refractivity contribution in [2.75, 3.05) is 44.7 Å². The van der Waals surface area contributed by atoms with E-state index in [1.165, 1.54) is 21.3 Å². The molecule has 37 heavy (non-hydrogen) atoms. The molecule has 2 heterocycles. The maximum atomic E-state index is 13.3. The van der Waals surface area contributed by atoms with Crippen LogP contribution in [0.2, 0.25) is 0 Å². The second-order valence-corrected chi connectivity index (χ2v) is 11.3. The summed E-state index contributed by atoms with van der Waals surface area (Å²) >= 11 is 0. The van der Waals surface area contributed by atoms with Crippen LogP contribution in [-0.2, 0) is 10.0 Å². The minimum Gasteiger partial charge on any atom is -0.351 e. The fourth-order valence-corrected chi connectivity index (χ4v) is 6.24. The molecule has 11 heteroatoms. The Labute approximate surface area is 223 Å². The van der Waals surface area contributed by atoms with E-state index in [-0.39, 0.29) is 24.1 Å². The number of nitrogens with zero attached hydrogens (tertiary/aromatic N) is 4. The Balaban J connectivity index is 0.00000380. The highest BCUT2D eigenvalue weighted by molar-refractivity contribution is 7.89. The number of urea groups is 1. The van der Waals surface area contributed by atoms with Gasteiger partial charge < -0.3 is 10.6 Å². The molecular formula is C26H33ClFN5O3S. The summed E-state index contributed by atoms with van der Waals surface area (Å²) in [6.45, 7) is 3.45. The first kappa shape index (κ1) is 28.8. The van der Waals surface area contributed by atoms with Gasteiger partial charge in [0.25, 0.3) is 0 Å². The number of piperidine rings is 1. The number of carbonyl (C=O) groups excluding carboxylic acids is 1. The summed E-state index contributed by atoms with van der Waals surface area (Å²) < 4.78 is 41.3. The van der Waals surface area contributed by atoms with Gasteiger partial charge in [-0.15, -0.1) is 12.4 Å². The minimum atomic E-state index is -3.62. The number of sulfonamides is 1. The lowest BCUT2D eigenvalue weighted by Crippen LogP contribution is -2.41. The lowest BCUT2D eigenvalue weighted by atomic mass is 9.97. The first-order valence-electron chi connectivity index (χ1n) is 12.1. The van der Waals surface area contributed by atoms with Gasteiger partial charge in [0.2, 0.25) is 10.0 Å². The standard InChI is InChI=1S/C26H32FN5O3S.ClH/c1-30(36(34,35)25-5-2-4-21-18-29-13-10-24(21)25)19-20-11-16-31(17-12-20)14-3-15-32(26(28)33)23-8-6-22(27)7-9-23;/h2,4-10,13,18,20H,3,11-12,14-17,19H2,1H3,(H2,28,33);1H. The average Bonchev–Trinajstić information content (AvgIpc) is 2.87. The van der Waals surface area contributed by atoms with Crippen molar-refractivity contribution in [3.8, 4) is 0 Å². The van der Waals surface area contributed by atoms with E-state index in [1.807, 2.05) is 6.07 Å². The number of hydrogen-bond acceptors (Lipinski definition) is 5. The number of amides is 2. The van der Waals surface area contributed by atoms with E-state index in [9.17, 15) is 17.6 Å². The summed E-state index contributed by atoms with van der Waals surface area (Å²) in [4.78, 5) is 20.0. The van der Waals surface area contributed by atoms with E-state index in [1.54, 1.807) is 49.8 Å². The fraction of sp³-hybridized carbons (Fsp3) is 0.385. The zero-order valence-corrected chi connectivity index (χ0v) is 22.4. The van der Waals surface area contributed by atoms with Crippen LogP contribution in [0.1, 0.15) is 19.3 Å². The monoisotopic (exact) mass is 549 g/mol. The van der Waals surface area contributed by atoms with E-state index >= 15 is 0 Å². The topological polar surface area (TPSA) is 99.8 Å². The molecule has 0 bridgehead atoms. The molecule has 0 atom stereocenters. The van der Waals surface area contributed by atoms with Crippen molar-refractivity contribution < 1.29 is 17.6 Å². The number of anilines is 1. The van der Waals surface area contributed by atoms with Crippen LogP contribution in [0.3, 0.4) is 0 Å². The number of rotatable bonds is 9. The molecule has 0 unspecified atom stereocenters. The van der Waals surface area contributed by atoms with Crippen LogP contribution in [0.15, 0.2) is 65.8 Å². The second-order valence-electron chi connectivity index (χ2n) is 9.24. The van der Waals surface area contributed by atoms with Gasteiger partial charge in [-0.2, -0.15) is 0 Å². The van der Waals surface area contributed by atoms with Gasteiger partial charge in [-0.05, 0) is 81.2 Å². The summed E-state index contributed by atoms with van der Waals surface area (Å²) in [5, 5.41) is 1.48. The van der Waals surface area contributed by atoms with Crippen LogP contribution < -0.4 is 10.6 Å². The Morgan fingerprint density at radius 1 is 1.14 bits per heavy atom. The molecule has 2 N–H and O–H groups in total. The number of nitrogens with two attached hydrogens (primary N) is 1. The molecule has 0 spiro atoms. The Morgan fingerprint density at radius 3 is 2.51 bits per heavy atom. The SMILES string of the molecule is CN(CC1CCN(CCCN(C(N)=O)c2ccc(F)cc2)CC1)S(=O)(=O)c1cccc2cnccc12.Cl. The van der Waals surface area contributed by atoms with Crippen molar-refractivity contribution in [1.82, 2.24) is 14.2 Å². The number of fused-ring (bicyclic) bond motifs is 1. The number of primary amides is 1. The van der Waals surface area contributed by atoms with E-state index in [0.717, 1.165) is 44.3 Å². The Kier molecular flexibility index (Phi) is 9.83. The summed E-state index contributed by atoms with van der Waals surface area (Å²) in [7, 11) is -1.97. The maximum Gasteiger partial charge on any atom is 0.319 e. The Morgan fingerprint density at radius 2 is 1.84 bits per heavy atom. The first-order valence-corrected chi connectivity index (χ1v) is 13.5. The molecule has 4 rings (SSSR count). The van der Waals surface area contributed by atoms with E-state index in [4.69, 9.17) is 5.73 Å². The van der Waals surface area contributed by atoms with Gasteiger partial charge in [-0.1, -0.05) is 12.1 Å². The molecule has 0 radical (unpaired) electrons. The summed E-state index contributed by atoms with van der Waals surface area (Å²) in [6.07, 6.45) is 5.81. The molecule has 0 saturated carbocycles. The van der Waals surface area contributed by atoms with Gasteiger partial charge in [0.1, 0.15) is 5.82 Å². The third-order valence-electron chi connectivity index (χ3n) is 6.81. The van der Waals surface area contributed by atoms with Gasteiger partial charge in [0.05, 0.1) is 4.90 Å². The Hall–Kier alpha value is -2.79. The summed E-state index contributed by atoms with van der Waals surface area (Å²) in [6, 6.07) is 12.2. The predicted molar refractivity (Wildman–Crippen MR) is 146 cm³/mol. The number of aromatic nitrogens is 1. The lowest BCUT2D eigenvalue weighted by molar-refractivity contribution is 0.171. The van der Waals surface area contributed by atoms with Gasteiger partial charge >= 0.3 is 6.03 Å². The van der Waals surface area contributed by atoms with Crippen molar-refractivity contribution in [1.29, 1.82) is 0 Å². The summed E-state index contributed by atoms with van der Waals surface area (Å²) in [5.74, 6) is -0.0853. The zero-order chi connectivity index (χ0) is 25.7. The number of pyridine rings is 1. The highest BCUT2D eigenvalue weighted by atomic mass is 35.5. The van der Waals surface area contributed by atoms with Crippen molar-refractivity contribution in [3.05, 3.63) is 66.7 Å². The number of benzene rings is 2. The van der Waals surface area contributed by atoms with Crippen molar-refractivity contribution >= 4 is 44.9 Å². The van der Waals surface area contributed by atoms with Gasteiger partial charge in [-0.3, -0.25) is 9.88 Å². The van der Waals surface area contributed by atoms with Gasteiger partial charge in [0.15, 0.2) is 0 Å². The fourth-order valence-electron chi connectivity index (χ4n) is 4.78. The average molecular weight is 550 g/mol. The highest BCUT2D eigenvalue weighted by Crippen LogP contribution is 2.27. The third kappa shape index (κ3) is 6.95. The van der Waals surface area contributed by atoms with Crippen molar-refractivity contribution in [2.45, 2.75) is 24.2 Å². The van der Waals surface area contributed by atoms with Gasteiger partial charge in [-0.25, -0.2) is 21.9 Å². The van der Waals surface area contributed by atoms with E-state index in [0.29, 0.717) is 29.1 Å². The Bertz CT molecular complexity index is 1300. The maximum absolute atomic E-state index is 13.3. The highest BCUT2D eigenvalue weighted by Gasteiger charge is 2.27. The first-order chi connectivity index (χ1) is 17.3. The van der Waals surface area contributed by atoms with Crippen LogP contribution in [-0.4, -0.2) is 68.4 Å². The van der Waals surface area contributed by atoms with Crippen molar-refractivity contribution in [3.63, 3.8) is 0 Å². The predicted octanol–water partition coefficient (Wildman–Crippen LogP) is 4.10. The van der Waals surface area contributed by atoms with E-state index < -0.39 is 16.1 Å². The number of hydrogen-bond donors (Lipinski definition) is 1. The van der Waals surface area contributed by atoms with Gasteiger partial charge in [0, 0.05) is 49.0 Å². The zero-order valence-electron chi connectivity index (χ0n) is 20.8. The smallest absolute Gasteiger partial charge is 0.319 e. The molecule has 2 amide bonds. The molecule has 8 nitrogen and oxygen atoms in total. The normalized spacial score (nSPS) is 15.0. The molecule has 200 valence electrons. The van der Waals surface area contributed by atoms with E-state index in [2.05, 4.69) is 9.88 Å².